The fourth-order valence-corrected chi connectivity index (χ4v) is 3.94. The normalized spacial score (nSPS) is 13.8. The van der Waals surface area contributed by atoms with Crippen LogP contribution < -0.4 is 5.73 Å². The Balaban J connectivity index is 1.34. The van der Waals surface area contributed by atoms with Gasteiger partial charge < -0.3 is 10.6 Å². The molecule has 4 nitrogen and oxygen atoms in total. The van der Waals surface area contributed by atoms with Crippen molar-refractivity contribution in [3.63, 3.8) is 0 Å². The van der Waals surface area contributed by atoms with Gasteiger partial charge in [-0.05, 0) is 58.8 Å². The highest BCUT2D eigenvalue weighted by molar-refractivity contribution is 5.91. The van der Waals surface area contributed by atoms with E-state index in [1.807, 2.05) is 18.3 Å². The first-order valence-corrected chi connectivity index (χ1v) is 9.83. The molecule has 0 bridgehead atoms. The maximum Gasteiger partial charge on any atom is 0.131 e. The summed E-state index contributed by atoms with van der Waals surface area (Å²) in [5.74, 6) is 0.586. The highest BCUT2D eigenvalue weighted by atomic mass is 15.1. The maximum absolute atomic E-state index is 5.97. The number of nitrogens with two attached hydrogens (primary N) is 1. The van der Waals surface area contributed by atoms with Crippen molar-refractivity contribution >= 4 is 27.5 Å². The van der Waals surface area contributed by atoms with Crippen LogP contribution in [-0.2, 0) is 13.0 Å². The van der Waals surface area contributed by atoms with E-state index in [2.05, 4.69) is 75.7 Å². The van der Waals surface area contributed by atoms with E-state index < -0.39 is 0 Å². The van der Waals surface area contributed by atoms with Gasteiger partial charge >= 0.3 is 0 Å². The number of nitrogens with zero attached hydrogens (tertiary/aromatic N) is 3. The second kappa shape index (κ2) is 7.40. The topological polar surface area (TPSA) is 55.0 Å². The average molecular weight is 378 g/mol. The average Bonchev–Trinajstić information content (AvgIpc) is 2.74. The summed E-state index contributed by atoms with van der Waals surface area (Å²) in [6.07, 6.45) is 11.3. The zero-order chi connectivity index (χ0) is 19.6. The number of benzene rings is 2. The van der Waals surface area contributed by atoms with Gasteiger partial charge in [-0.25, -0.2) is 4.98 Å². The summed E-state index contributed by atoms with van der Waals surface area (Å²) >= 11 is 0. The Morgan fingerprint density at radius 3 is 2.76 bits per heavy atom. The highest BCUT2D eigenvalue weighted by Crippen LogP contribution is 2.23. The van der Waals surface area contributed by atoms with Crippen molar-refractivity contribution in [2.75, 3.05) is 12.3 Å². The van der Waals surface area contributed by atoms with Gasteiger partial charge in [0.25, 0.3) is 0 Å². The van der Waals surface area contributed by atoms with Gasteiger partial charge in [-0.15, -0.1) is 0 Å². The van der Waals surface area contributed by atoms with Crippen molar-refractivity contribution in [1.82, 2.24) is 14.9 Å². The number of hydrogen-bond acceptors (Lipinski definition) is 4. The van der Waals surface area contributed by atoms with Crippen LogP contribution >= 0.6 is 0 Å². The lowest BCUT2D eigenvalue weighted by molar-refractivity contribution is 0.401. The Morgan fingerprint density at radius 1 is 0.897 bits per heavy atom. The van der Waals surface area contributed by atoms with Crippen LogP contribution in [0.15, 0.2) is 90.9 Å². The van der Waals surface area contributed by atoms with Crippen LogP contribution in [0.1, 0.15) is 11.1 Å². The predicted molar refractivity (Wildman–Crippen MR) is 119 cm³/mol. The molecule has 0 spiro atoms. The van der Waals surface area contributed by atoms with Crippen molar-refractivity contribution in [2.24, 2.45) is 0 Å². The van der Waals surface area contributed by atoms with E-state index in [1.54, 1.807) is 6.20 Å². The summed E-state index contributed by atoms with van der Waals surface area (Å²) < 4.78 is 0. The first-order chi connectivity index (χ1) is 14.2. The van der Waals surface area contributed by atoms with Crippen molar-refractivity contribution in [2.45, 2.75) is 13.0 Å². The van der Waals surface area contributed by atoms with E-state index in [0.29, 0.717) is 5.82 Å². The molecule has 142 valence electrons. The van der Waals surface area contributed by atoms with E-state index >= 15 is 0 Å². The summed E-state index contributed by atoms with van der Waals surface area (Å²) in [5.41, 5.74) is 10.9. The molecule has 4 aromatic rings. The highest BCUT2D eigenvalue weighted by Gasteiger charge is 2.09. The molecule has 0 saturated heterocycles. The van der Waals surface area contributed by atoms with Crippen LogP contribution in [0.25, 0.3) is 21.7 Å². The maximum atomic E-state index is 5.97. The van der Waals surface area contributed by atoms with E-state index in [4.69, 9.17) is 5.73 Å². The molecule has 0 radical (unpaired) electrons. The van der Waals surface area contributed by atoms with Crippen molar-refractivity contribution < 1.29 is 0 Å². The van der Waals surface area contributed by atoms with Gasteiger partial charge in [0.2, 0.25) is 0 Å². The molecule has 0 atom stereocenters. The zero-order valence-electron chi connectivity index (χ0n) is 16.1. The molecule has 0 aliphatic carbocycles. The van der Waals surface area contributed by atoms with Gasteiger partial charge in [-0.3, -0.25) is 4.98 Å². The van der Waals surface area contributed by atoms with Crippen molar-refractivity contribution in [3.8, 4) is 0 Å². The van der Waals surface area contributed by atoms with Gasteiger partial charge in [0.15, 0.2) is 0 Å². The molecular weight excluding hydrogens is 356 g/mol. The Labute approximate surface area is 170 Å². The third kappa shape index (κ3) is 3.69. The van der Waals surface area contributed by atoms with Gasteiger partial charge in [-0.2, -0.15) is 0 Å². The Morgan fingerprint density at radius 2 is 1.79 bits per heavy atom. The minimum Gasteiger partial charge on any atom is -0.383 e. The Hall–Kier alpha value is -3.66. The number of nitrogen functional groups attached to an aromatic ring is 1. The lowest BCUT2D eigenvalue weighted by atomic mass is 10.0. The summed E-state index contributed by atoms with van der Waals surface area (Å²) in [5, 5.41) is 3.33. The minimum atomic E-state index is 0.586. The lowest BCUT2D eigenvalue weighted by Gasteiger charge is -2.24. The van der Waals surface area contributed by atoms with E-state index in [-0.39, 0.29) is 0 Å². The SMILES string of the molecule is Nc1nccc2cc(CN3C=C(Cc4ccc5ncccc5c4)C=CC3)ccc12. The molecule has 0 amide bonds. The monoisotopic (exact) mass is 378 g/mol. The Bertz CT molecular complexity index is 1260. The number of pyridine rings is 2. The first kappa shape index (κ1) is 17.4. The van der Waals surface area contributed by atoms with Crippen LogP contribution in [0.2, 0.25) is 0 Å². The molecular formula is C25H22N4. The number of anilines is 1. The van der Waals surface area contributed by atoms with E-state index in [9.17, 15) is 0 Å². The van der Waals surface area contributed by atoms with Crippen molar-refractivity contribution in [1.29, 1.82) is 0 Å². The van der Waals surface area contributed by atoms with Crippen LogP contribution in [-0.4, -0.2) is 21.4 Å². The van der Waals surface area contributed by atoms with Gasteiger partial charge in [0, 0.05) is 42.5 Å². The molecule has 5 rings (SSSR count). The zero-order valence-corrected chi connectivity index (χ0v) is 16.1. The number of hydrogen-bond donors (Lipinski definition) is 1. The third-order valence-corrected chi connectivity index (χ3v) is 5.34. The molecule has 2 N–H and O–H groups in total. The second-order valence-electron chi connectivity index (χ2n) is 7.49. The second-order valence-corrected chi connectivity index (χ2v) is 7.49. The molecule has 2 aromatic carbocycles. The van der Waals surface area contributed by atoms with Gasteiger partial charge in [0.05, 0.1) is 5.52 Å². The number of fused-ring (bicyclic) bond motifs is 2. The minimum absolute atomic E-state index is 0.586. The quantitative estimate of drug-likeness (QED) is 0.551. The molecule has 0 fully saturated rings. The smallest absolute Gasteiger partial charge is 0.131 e. The van der Waals surface area contributed by atoms with E-state index in [0.717, 1.165) is 35.8 Å². The standard InChI is InChI=1S/C25H22N4/c26-25-23-7-5-20(15-21(23)9-11-28-25)17-29-12-2-3-19(16-29)13-18-6-8-24-22(14-18)4-1-10-27-24/h1-11,14-16H,12-13,17H2,(H2,26,28). The molecule has 29 heavy (non-hydrogen) atoms. The number of allylic oxidation sites excluding steroid dienone is 2. The lowest BCUT2D eigenvalue weighted by Crippen LogP contribution is -2.20. The molecule has 0 unspecified atom stereocenters. The Kier molecular flexibility index (Phi) is 4.45. The molecule has 1 aliphatic heterocycles. The van der Waals surface area contributed by atoms with Crippen LogP contribution in [0, 0.1) is 0 Å². The number of aromatic nitrogens is 2. The first-order valence-electron chi connectivity index (χ1n) is 9.83. The molecule has 4 heteroatoms. The third-order valence-electron chi connectivity index (χ3n) is 5.34. The van der Waals surface area contributed by atoms with E-state index in [1.165, 1.54) is 22.1 Å². The summed E-state index contributed by atoms with van der Waals surface area (Å²) in [4.78, 5) is 10.9. The summed E-state index contributed by atoms with van der Waals surface area (Å²) in [6.45, 7) is 1.79. The fraction of sp³-hybridized carbons (Fsp3) is 0.120. The van der Waals surface area contributed by atoms with Gasteiger partial charge in [-0.1, -0.05) is 36.4 Å². The van der Waals surface area contributed by atoms with Gasteiger partial charge in [0.1, 0.15) is 5.82 Å². The van der Waals surface area contributed by atoms with Crippen LogP contribution in [0.5, 0.6) is 0 Å². The van der Waals surface area contributed by atoms with Crippen molar-refractivity contribution in [3.05, 3.63) is 102 Å². The molecule has 3 heterocycles. The molecule has 2 aromatic heterocycles. The summed E-state index contributed by atoms with van der Waals surface area (Å²) in [6, 6.07) is 19.0. The molecule has 0 saturated carbocycles. The van der Waals surface area contributed by atoms with Crippen LogP contribution in [0.4, 0.5) is 5.82 Å². The van der Waals surface area contributed by atoms with Crippen LogP contribution in [0.3, 0.4) is 0 Å². The molecule has 1 aliphatic rings. The largest absolute Gasteiger partial charge is 0.383 e. The number of rotatable bonds is 4. The summed E-state index contributed by atoms with van der Waals surface area (Å²) in [7, 11) is 0. The fourth-order valence-electron chi connectivity index (χ4n) is 3.94. The predicted octanol–water partition coefficient (Wildman–Crippen LogP) is 4.86.